The minimum Gasteiger partial charge on any atom is -0.462 e. The first-order chi connectivity index (χ1) is 23.2. The highest BCUT2D eigenvalue weighted by Crippen LogP contribution is 2.67. The van der Waals surface area contributed by atoms with Crippen molar-refractivity contribution in [2.75, 3.05) is 0 Å². The Morgan fingerprint density at radius 2 is 1.52 bits per heavy atom. The van der Waals surface area contributed by atoms with Crippen LogP contribution in [0.3, 0.4) is 0 Å². The highest BCUT2D eigenvalue weighted by atomic mass is 16.5. The Morgan fingerprint density at radius 3 is 2.25 bits per heavy atom. The number of esters is 1. The van der Waals surface area contributed by atoms with Gasteiger partial charge in [-0.25, -0.2) is 0 Å². The number of unbranched alkanes of at least 4 members (excludes halogenated alkanes) is 9. The monoisotopic (exact) mass is 663 g/mol. The smallest absolute Gasteiger partial charge is 0.306 e. The zero-order valence-corrected chi connectivity index (χ0v) is 32.7. The van der Waals surface area contributed by atoms with E-state index in [1.807, 2.05) is 0 Å². The third-order valence-corrected chi connectivity index (χ3v) is 14.1. The number of allylic oxidation sites excluding steroid dienone is 5. The summed E-state index contributed by atoms with van der Waals surface area (Å²) in [5.74, 6) is 5.29. The number of hydrogen-bond acceptors (Lipinski definition) is 2. The van der Waals surface area contributed by atoms with Crippen molar-refractivity contribution >= 4 is 5.97 Å². The Bertz CT molecular complexity index is 1030. The third-order valence-electron chi connectivity index (χ3n) is 14.1. The molecular weight excluding hydrogens is 585 g/mol. The minimum absolute atomic E-state index is 0.0483. The van der Waals surface area contributed by atoms with Gasteiger partial charge in [0.15, 0.2) is 0 Å². The third kappa shape index (κ3) is 10.8. The second-order valence-electron chi connectivity index (χ2n) is 18.0. The first kappa shape index (κ1) is 39.5. The normalized spacial score (nSPS) is 32.3. The standard InChI is InChI=1S/C46H78O2/c1-7-8-9-10-11-12-13-14-15-16-17-18-19-20-21-22-26-44(47)48-39-31-33-45(5)38(35-39)27-28-40-42-30-29-41(37(4)25-23-24-36(2)3)46(42,6)34-32-43(40)45/h12-13,15-16,27,36-37,39-43H,7-11,14,17-26,28-35H2,1-6H3/b13-12-,16-15-. The van der Waals surface area contributed by atoms with Gasteiger partial charge in [-0.3, -0.25) is 4.79 Å². The maximum absolute atomic E-state index is 12.8. The van der Waals surface area contributed by atoms with Gasteiger partial charge in [0.2, 0.25) is 0 Å². The van der Waals surface area contributed by atoms with Crippen LogP contribution >= 0.6 is 0 Å². The Morgan fingerprint density at radius 1 is 0.812 bits per heavy atom. The van der Waals surface area contributed by atoms with Crippen LogP contribution in [0.2, 0.25) is 0 Å². The molecule has 0 aromatic carbocycles. The van der Waals surface area contributed by atoms with Gasteiger partial charge in [0.1, 0.15) is 6.10 Å². The second kappa shape index (κ2) is 19.9. The number of ether oxygens (including phenoxy) is 1. The van der Waals surface area contributed by atoms with Gasteiger partial charge in [0.25, 0.3) is 0 Å². The van der Waals surface area contributed by atoms with Crippen molar-refractivity contribution in [1.29, 1.82) is 0 Å². The molecule has 4 aliphatic rings. The van der Waals surface area contributed by atoms with E-state index >= 15 is 0 Å². The highest BCUT2D eigenvalue weighted by molar-refractivity contribution is 5.69. The lowest BCUT2D eigenvalue weighted by Gasteiger charge is -2.58. The molecule has 8 unspecified atom stereocenters. The number of carbonyl (C=O) groups is 1. The van der Waals surface area contributed by atoms with Gasteiger partial charge < -0.3 is 4.74 Å². The Labute approximate surface area is 298 Å². The predicted molar refractivity (Wildman–Crippen MR) is 207 cm³/mol. The molecule has 8 atom stereocenters. The number of carbonyl (C=O) groups excluding carboxylic acids is 1. The van der Waals surface area contributed by atoms with Gasteiger partial charge in [-0.05, 0) is 130 Å². The molecule has 4 aliphatic carbocycles. The summed E-state index contributed by atoms with van der Waals surface area (Å²) >= 11 is 0. The lowest BCUT2D eigenvalue weighted by atomic mass is 9.47. The van der Waals surface area contributed by atoms with E-state index in [2.05, 4.69) is 71.9 Å². The largest absolute Gasteiger partial charge is 0.462 e. The summed E-state index contributed by atoms with van der Waals surface area (Å²) in [5.41, 5.74) is 2.52. The van der Waals surface area contributed by atoms with Crippen molar-refractivity contribution in [3.63, 3.8) is 0 Å². The van der Waals surface area contributed by atoms with Gasteiger partial charge in [0, 0.05) is 12.8 Å². The van der Waals surface area contributed by atoms with E-state index in [9.17, 15) is 4.79 Å². The molecule has 0 spiro atoms. The van der Waals surface area contributed by atoms with Crippen molar-refractivity contribution in [1.82, 2.24) is 0 Å². The van der Waals surface area contributed by atoms with Crippen LogP contribution in [0.1, 0.15) is 196 Å². The molecule has 0 aromatic rings. The van der Waals surface area contributed by atoms with Gasteiger partial charge in [-0.2, -0.15) is 0 Å². The van der Waals surface area contributed by atoms with E-state index in [0.717, 1.165) is 67.6 Å². The molecule has 48 heavy (non-hydrogen) atoms. The molecule has 4 rings (SSSR count). The highest BCUT2D eigenvalue weighted by Gasteiger charge is 2.59. The number of fused-ring (bicyclic) bond motifs is 5. The Hall–Kier alpha value is -1.31. The first-order valence-corrected chi connectivity index (χ1v) is 21.4. The van der Waals surface area contributed by atoms with E-state index in [1.54, 1.807) is 5.57 Å². The fourth-order valence-corrected chi connectivity index (χ4v) is 11.3. The molecule has 0 saturated heterocycles. The van der Waals surface area contributed by atoms with Crippen LogP contribution in [0.25, 0.3) is 0 Å². The van der Waals surface area contributed by atoms with E-state index in [1.165, 1.54) is 116 Å². The summed E-state index contributed by atoms with van der Waals surface area (Å²) in [6, 6.07) is 0. The van der Waals surface area contributed by atoms with E-state index in [0.29, 0.717) is 17.3 Å². The number of hydrogen-bond donors (Lipinski definition) is 0. The second-order valence-corrected chi connectivity index (χ2v) is 18.0. The van der Waals surface area contributed by atoms with Crippen LogP contribution in [0.5, 0.6) is 0 Å². The van der Waals surface area contributed by atoms with Gasteiger partial charge >= 0.3 is 5.97 Å². The van der Waals surface area contributed by atoms with E-state index in [4.69, 9.17) is 4.74 Å². The maximum Gasteiger partial charge on any atom is 0.306 e. The van der Waals surface area contributed by atoms with Crippen molar-refractivity contribution in [3.8, 4) is 0 Å². The Kier molecular flexibility index (Phi) is 16.4. The average Bonchev–Trinajstić information content (AvgIpc) is 3.42. The van der Waals surface area contributed by atoms with Gasteiger partial charge in [-0.15, -0.1) is 0 Å². The summed E-state index contributed by atoms with van der Waals surface area (Å²) in [7, 11) is 0. The average molecular weight is 663 g/mol. The zero-order valence-electron chi connectivity index (χ0n) is 32.7. The van der Waals surface area contributed by atoms with Gasteiger partial charge in [-0.1, -0.05) is 135 Å². The van der Waals surface area contributed by atoms with Crippen LogP contribution in [0, 0.1) is 46.3 Å². The summed E-state index contributed by atoms with van der Waals surface area (Å²) < 4.78 is 6.12. The van der Waals surface area contributed by atoms with Crippen molar-refractivity contribution < 1.29 is 9.53 Å². The quantitative estimate of drug-likeness (QED) is 0.0694. The summed E-state index contributed by atoms with van der Waals surface area (Å²) in [6.45, 7) is 14.9. The number of rotatable bonds is 21. The molecule has 0 bridgehead atoms. The van der Waals surface area contributed by atoms with Crippen LogP contribution in [0.15, 0.2) is 36.0 Å². The fourth-order valence-electron chi connectivity index (χ4n) is 11.3. The molecule has 0 radical (unpaired) electrons. The van der Waals surface area contributed by atoms with Crippen LogP contribution < -0.4 is 0 Å². The molecule has 0 aliphatic heterocycles. The molecule has 0 heterocycles. The van der Waals surface area contributed by atoms with Crippen LogP contribution in [-0.4, -0.2) is 12.1 Å². The zero-order chi connectivity index (χ0) is 34.4. The lowest BCUT2D eigenvalue weighted by molar-refractivity contribution is -0.151. The summed E-state index contributed by atoms with van der Waals surface area (Å²) in [5, 5.41) is 0. The SMILES string of the molecule is CCCCCC/C=C\C/C=C\CCCCCCCC(=O)OC1CCC2(C)C(=CCC3C2CCC2(C)C(C(C)CCCC(C)C)CCC32)C1. The topological polar surface area (TPSA) is 26.3 Å². The molecule has 0 N–H and O–H groups in total. The molecule has 3 saturated carbocycles. The lowest BCUT2D eigenvalue weighted by Crippen LogP contribution is -2.51. The molecule has 0 amide bonds. The molecule has 0 aromatic heterocycles. The van der Waals surface area contributed by atoms with Crippen LogP contribution in [0.4, 0.5) is 0 Å². The van der Waals surface area contributed by atoms with Crippen molar-refractivity contribution in [3.05, 3.63) is 36.0 Å². The van der Waals surface area contributed by atoms with Crippen LogP contribution in [-0.2, 0) is 9.53 Å². The summed E-state index contributed by atoms with van der Waals surface area (Å²) in [6.07, 6.45) is 42.0. The van der Waals surface area contributed by atoms with Crippen molar-refractivity contribution in [2.24, 2.45) is 46.3 Å². The molecule has 3 fully saturated rings. The minimum atomic E-state index is 0.0483. The van der Waals surface area contributed by atoms with E-state index in [-0.39, 0.29) is 12.1 Å². The summed E-state index contributed by atoms with van der Waals surface area (Å²) in [4.78, 5) is 12.8. The molecule has 2 nitrogen and oxygen atoms in total. The molecular formula is C46H78O2. The van der Waals surface area contributed by atoms with E-state index < -0.39 is 0 Å². The van der Waals surface area contributed by atoms with Crippen molar-refractivity contribution in [2.45, 2.75) is 202 Å². The molecule has 2 heteroatoms. The first-order valence-electron chi connectivity index (χ1n) is 21.4. The van der Waals surface area contributed by atoms with Gasteiger partial charge in [0.05, 0.1) is 0 Å². The maximum atomic E-state index is 12.8. The predicted octanol–water partition coefficient (Wildman–Crippen LogP) is 14.1. The fraction of sp³-hybridized carbons (Fsp3) is 0.848. The Balaban J connectivity index is 1.11. The molecule has 274 valence electrons.